The van der Waals surface area contributed by atoms with E-state index >= 15 is 0 Å². The van der Waals surface area contributed by atoms with Gasteiger partial charge in [-0.15, -0.1) is 0 Å². The summed E-state index contributed by atoms with van der Waals surface area (Å²) in [5, 5.41) is 0.588. The van der Waals surface area contributed by atoms with Gasteiger partial charge >= 0.3 is 5.97 Å². The summed E-state index contributed by atoms with van der Waals surface area (Å²) < 4.78 is 16.2. The topological polar surface area (TPSA) is 61.0 Å². The zero-order valence-corrected chi connectivity index (χ0v) is 15.1. The lowest BCUT2D eigenvalue weighted by Crippen LogP contribution is -2.05. The molecule has 2 heterocycles. The van der Waals surface area contributed by atoms with Gasteiger partial charge in [-0.3, -0.25) is 0 Å². The van der Waals surface area contributed by atoms with Gasteiger partial charge in [0.15, 0.2) is 5.70 Å². The van der Waals surface area contributed by atoms with Crippen molar-refractivity contribution in [3.63, 3.8) is 0 Å². The molecule has 0 N–H and O–H groups in total. The molecule has 1 aromatic heterocycles. The number of hydrogen-bond donors (Lipinski definition) is 0. The second-order valence-electron chi connectivity index (χ2n) is 5.75. The molecule has 0 unspecified atom stereocenters. The number of halogens is 1. The van der Waals surface area contributed by atoms with Crippen LogP contribution in [0.4, 0.5) is 0 Å². The Bertz CT molecular complexity index is 1080. The highest BCUT2D eigenvalue weighted by molar-refractivity contribution is 6.33. The van der Waals surface area contributed by atoms with Gasteiger partial charge in [-0.2, -0.15) is 0 Å². The Hall–Kier alpha value is -3.31. The molecule has 0 spiro atoms. The molecular formula is C21H14ClNO4. The van der Waals surface area contributed by atoms with Gasteiger partial charge in [-0.25, -0.2) is 9.79 Å². The molecule has 1 aliphatic heterocycles. The predicted octanol–water partition coefficient (Wildman–Crippen LogP) is 4.95. The Morgan fingerprint density at radius 3 is 2.74 bits per heavy atom. The number of rotatable bonds is 4. The van der Waals surface area contributed by atoms with Gasteiger partial charge < -0.3 is 13.9 Å². The number of hydrogen-bond acceptors (Lipinski definition) is 5. The average Bonchev–Trinajstić information content (AvgIpc) is 3.30. The highest BCUT2D eigenvalue weighted by Crippen LogP contribution is 2.30. The molecule has 1 aliphatic rings. The van der Waals surface area contributed by atoms with Crippen molar-refractivity contribution in [2.24, 2.45) is 4.99 Å². The number of esters is 1. The van der Waals surface area contributed by atoms with E-state index in [1.807, 2.05) is 18.2 Å². The molecule has 134 valence electrons. The molecule has 5 nitrogen and oxygen atoms in total. The van der Waals surface area contributed by atoms with Crippen LogP contribution in [0, 0.1) is 0 Å². The summed E-state index contributed by atoms with van der Waals surface area (Å²) >= 11 is 6.19. The van der Waals surface area contributed by atoms with Crippen molar-refractivity contribution in [2.45, 2.75) is 0 Å². The fourth-order valence-electron chi connectivity index (χ4n) is 2.66. The molecule has 0 fully saturated rings. The van der Waals surface area contributed by atoms with E-state index in [0.29, 0.717) is 27.9 Å². The van der Waals surface area contributed by atoms with Crippen LogP contribution in [0.5, 0.6) is 5.75 Å². The van der Waals surface area contributed by atoms with Gasteiger partial charge in [0.25, 0.3) is 0 Å². The molecule has 0 aliphatic carbocycles. The van der Waals surface area contributed by atoms with Gasteiger partial charge in [0.1, 0.15) is 17.3 Å². The van der Waals surface area contributed by atoms with E-state index in [9.17, 15) is 4.79 Å². The number of carbonyl (C=O) groups excluding carboxylic acids is 1. The van der Waals surface area contributed by atoms with Crippen LogP contribution in [0.3, 0.4) is 0 Å². The van der Waals surface area contributed by atoms with Crippen LogP contribution in [-0.4, -0.2) is 19.0 Å². The normalized spacial score (nSPS) is 15.0. The molecule has 0 saturated heterocycles. The van der Waals surface area contributed by atoms with E-state index in [2.05, 4.69) is 4.99 Å². The van der Waals surface area contributed by atoms with Crippen molar-refractivity contribution in [2.75, 3.05) is 7.11 Å². The number of cyclic esters (lactones) is 1. The minimum atomic E-state index is -0.538. The third-order valence-electron chi connectivity index (χ3n) is 3.98. The number of methoxy groups -OCH3 is 1. The summed E-state index contributed by atoms with van der Waals surface area (Å²) in [6.07, 6.45) is 1.54. The van der Waals surface area contributed by atoms with Crippen molar-refractivity contribution in [1.29, 1.82) is 0 Å². The van der Waals surface area contributed by atoms with Gasteiger partial charge in [-0.1, -0.05) is 29.8 Å². The monoisotopic (exact) mass is 379 g/mol. The van der Waals surface area contributed by atoms with Crippen LogP contribution in [-0.2, 0) is 9.53 Å². The molecule has 0 amide bonds. The SMILES string of the molecule is COc1cccc(C2=N/C(=C\c3ccc(-c4ccccc4Cl)o3)C(=O)O2)c1. The van der Waals surface area contributed by atoms with E-state index < -0.39 is 5.97 Å². The Labute approximate surface area is 160 Å². The third kappa shape index (κ3) is 3.50. The second kappa shape index (κ2) is 7.13. The van der Waals surface area contributed by atoms with Gasteiger partial charge in [0.05, 0.1) is 12.1 Å². The van der Waals surface area contributed by atoms with E-state index in [0.717, 1.165) is 5.56 Å². The first kappa shape index (κ1) is 17.1. The molecular weight excluding hydrogens is 366 g/mol. The lowest BCUT2D eigenvalue weighted by Gasteiger charge is -2.02. The standard InChI is InChI=1S/C21H14ClNO4/c1-25-14-6-4-5-13(11-14)20-23-18(21(24)27-20)12-15-9-10-19(26-15)16-7-2-3-8-17(16)22/h2-12H,1H3/b18-12-. The number of ether oxygens (including phenoxy) is 2. The predicted molar refractivity (Wildman–Crippen MR) is 103 cm³/mol. The minimum Gasteiger partial charge on any atom is -0.497 e. The van der Waals surface area contributed by atoms with E-state index in [4.69, 9.17) is 25.5 Å². The third-order valence-corrected chi connectivity index (χ3v) is 4.31. The molecule has 3 aromatic rings. The van der Waals surface area contributed by atoms with Crippen molar-refractivity contribution < 1.29 is 18.7 Å². The fraction of sp³-hybridized carbons (Fsp3) is 0.0476. The van der Waals surface area contributed by atoms with Crippen LogP contribution in [0.25, 0.3) is 17.4 Å². The van der Waals surface area contributed by atoms with Gasteiger partial charge in [0, 0.05) is 17.2 Å². The zero-order chi connectivity index (χ0) is 18.8. The minimum absolute atomic E-state index is 0.160. The molecule has 0 atom stereocenters. The smallest absolute Gasteiger partial charge is 0.363 e. The molecule has 0 bridgehead atoms. The van der Waals surface area contributed by atoms with Crippen LogP contribution in [0.1, 0.15) is 11.3 Å². The number of furan rings is 1. The second-order valence-corrected chi connectivity index (χ2v) is 6.16. The number of carbonyl (C=O) groups is 1. The summed E-state index contributed by atoms with van der Waals surface area (Å²) in [7, 11) is 1.57. The first-order chi connectivity index (χ1) is 13.1. The lowest BCUT2D eigenvalue weighted by atomic mass is 10.2. The molecule has 0 saturated carbocycles. The lowest BCUT2D eigenvalue weighted by molar-refractivity contribution is -0.129. The fourth-order valence-corrected chi connectivity index (χ4v) is 2.89. The summed E-state index contributed by atoms with van der Waals surface area (Å²) in [5.41, 5.74) is 1.59. The Balaban J connectivity index is 1.63. The molecule has 2 aromatic carbocycles. The van der Waals surface area contributed by atoms with Crippen LogP contribution in [0.2, 0.25) is 5.02 Å². The quantitative estimate of drug-likeness (QED) is 0.475. The number of benzene rings is 2. The van der Waals surface area contributed by atoms with Crippen LogP contribution >= 0.6 is 11.6 Å². The van der Waals surface area contributed by atoms with Crippen molar-refractivity contribution in [3.8, 4) is 17.1 Å². The molecule has 6 heteroatoms. The zero-order valence-electron chi connectivity index (χ0n) is 14.3. The Morgan fingerprint density at radius 2 is 1.93 bits per heavy atom. The molecule has 0 radical (unpaired) electrons. The largest absolute Gasteiger partial charge is 0.497 e. The highest BCUT2D eigenvalue weighted by Gasteiger charge is 2.25. The first-order valence-electron chi connectivity index (χ1n) is 8.16. The first-order valence-corrected chi connectivity index (χ1v) is 8.53. The highest BCUT2D eigenvalue weighted by atomic mass is 35.5. The maximum atomic E-state index is 12.1. The Morgan fingerprint density at radius 1 is 1.07 bits per heavy atom. The summed E-state index contributed by atoms with van der Waals surface area (Å²) in [6, 6.07) is 18.1. The molecule has 4 rings (SSSR count). The number of nitrogens with zero attached hydrogens (tertiary/aromatic N) is 1. The molecule has 27 heavy (non-hydrogen) atoms. The Kier molecular flexibility index (Phi) is 4.52. The summed E-state index contributed by atoms with van der Waals surface area (Å²) in [4.78, 5) is 16.4. The van der Waals surface area contributed by atoms with Crippen molar-refractivity contribution >= 4 is 29.5 Å². The summed E-state index contributed by atoms with van der Waals surface area (Å²) in [5.74, 6) is 1.42. The van der Waals surface area contributed by atoms with Crippen molar-refractivity contribution in [1.82, 2.24) is 0 Å². The van der Waals surface area contributed by atoms with E-state index in [-0.39, 0.29) is 11.6 Å². The van der Waals surface area contributed by atoms with E-state index in [1.165, 1.54) is 6.08 Å². The van der Waals surface area contributed by atoms with Gasteiger partial charge in [-0.05, 0) is 42.5 Å². The van der Waals surface area contributed by atoms with Crippen LogP contribution in [0.15, 0.2) is 75.8 Å². The van der Waals surface area contributed by atoms with Crippen molar-refractivity contribution in [3.05, 3.63) is 82.7 Å². The van der Waals surface area contributed by atoms with E-state index in [1.54, 1.807) is 49.6 Å². The van der Waals surface area contributed by atoms with Crippen LogP contribution < -0.4 is 4.74 Å². The average molecular weight is 380 g/mol. The van der Waals surface area contributed by atoms with Gasteiger partial charge in [0.2, 0.25) is 5.90 Å². The maximum Gasteiger partial charge on any atom is 0.363 e. The summed E-state index contributed by atoms with van der Waals surface area (Å²) in [6.45, 7) is 0. The number of aliphatic imine (C=N–C) groups is 1. The maximum absolute atomic E-state index is 12.1.